The fraction of sp³-hybridized carbons (Fsp3) is 0.600. The Kier molecular flexibility index (Phi) is 9.13. The van der Waals surface area contributed by atoms with E-state index in [9.17, 15) is 14.7 Å². The molecule has 1 rings (SSSR count). The summed E-state index contributed by atoms with van der Waals surface area (Å²) in [5.74, 6) is -1.17. The first-order chi connectivity index (χ1) is 11.4. The maximum Gasteiger partial charge on any atom is 0.331 e. The highest BCUT2D eigenvalue weighted by Gasteiger charge is 2.16. The number of esters is 1. The molecule has 134 valence electrons. The second kappa shape index (κ2) is 10.8. The molecule has 0 aromatic carbocycles. The van der Waals surface area contributed by atoms with Gasteiger partial charge in [-0.2, -0.15) is 0 Å². The second-order valence-corrected chi connectivity index (χ2v) is 6.79. The summed E-state index contributed by atoms with van der Waals surface area (Å²) in [6, 6.07) is 0. The van der Waals surface area contributed by atoms with Crippen LogP contribution in [0.15, 0.2) is 34.9 Å². The molecule has 1 atom stereocenters. The molecule has 0 aromatic heterocycles. The number of hydrogen-bond acceptors (Lipinski definition) is 3. The molecule has 0 aliphatic carbocycles. The third-order valence-electron chi connectivity index (χ3n) is 4.22. The Balaban J connectivity index is 2.26. The quantitative estimate of drug-likeness (QED) is 0.435. The Morgan fingerprint density at radius 1 is 1.25 bits per heavy atom. The minimum absolute atomic E-state index is 0.237. The minimum atomic E-state index is -0.684. The molecule has 4 heteroatoms. The molecule has 0 fully saturated rings. The van der Waals surface area contributed by atoms with Crippen LogP contribution in [0, 0.1) is 5.92 Å². The summed E-state index contributed by atoms with van der Waals surface area (Å²) in [5, 5.41) is 9.31. The number of ether oxygens (including phenoxy) is 1. The summed E-state index contributed by atoms with van der Waals surface area (Å²) in [5.41, 5.74) is 3.57. The van der Waals surface area contributed by atoms with Crippen LogP contribution in [-0.4, -0.2) is 23.7 Å². The van der Waals surface area contributed by atoms with Gasteiger partial charge in [0.1, 0.15) is 6.61 Å². The molecule has 1 aliphatic heterocycles. The van der Waals surface area contributed by atoms with Gasteiger partial charge in [0, 0.05) is 6.08 Å². The van der Waals surface area contributed by atoms with Crippen molar-refractivity contribution >= 4 is 11.9 Å². The number of carbonyl (C=O) groups is 2. The number of aliphatic carboxylic acids is 1. The van der Waals surface area contributed by atoms with Gasteiger partial charge in [-0.05, 0) is 71.3 Å². The normalized spacial score (nSPS) is 15.7. The number of carboxylic acids is 1. The first-order valence-corrected chi connectivity index (χ1v) is 8.76. The molecule has 0 amide bonds. The van der Waals surface area contributed by atoms with Crippen molar-refractivity contribution in [2.75, 3.05) is 6.61 Å². The van der Waals surface area contributed by atoms with Gasteiger partial charge >= 0.3 is 11.9 Å². The molecule has 1 heterocycles. The zero-order valence-electron chi connectivity index (χ0n) is 15.1. The van der Waals surface area contributed by atoms with Crippen LogP contribution < -0.4 is 0 Å². The van der Waals surface area contributed by atoms with Gasteiger partial charge < -0.3 is 9.84 Å². The van der Waals surface area contributed by atoms with Gasteiger partial charge in [-0.15, -0.1) is 0 Å². The molecule has 4 nitrogen and oxygen atoms in total. The second-order valence-electron chi connectivity index (χ2n) is 6.79. The standard InChI is InChI=1S/C20H30O4/c1-15(2)7-4-11-18(20(22)23)12-6-9-16(3)8-5-10-17-13-19(21)24-14-17/h7-8,13,18H,4-6,9-12,14H2,1-3H3,(H,22,23)/b16-8+/t18-/m0/s1. The maximum atomic E-state index is 11.3. The Hall–Kier alpha value is -1.84. The molecule has 0 radical (unpaired) electrons. The lowest BCUT2D eigenvalue weighted by Crippen LogP contribution is -2.13. The van der Waals surface area contributed by atoms with E-state index in [4.69, 9.17) is 4.74 Å². The van der Waals surface area contributed by atoms with Crippen molar-refractivity contribution in [1.29, 1.82) is 0 Å². The third-order valence-corrected chi connectivity index (χ3v) is 4.22. The molecule has 0 aromatic rings. The van der Waals surface area contributed by atoms with E-state index in [1.165, 1.54) is 11.1 Å². The SMILES string of the molecule is CC(C)=CCC[C@@H](CCC/C(C)=C/CCC1=CC(=O)OC1)C(=O)O. The van der Waals surface area contributed by atoms with Gasteiger partial charge in [0.15, 0.2) is 0 Å². The fourth-order valence-electron chi connectivity index (χ4n) is 2.76. The van der Waals surface area contributed by atoms with E-state index < -0.39 is 5.97 Å². The van der Waals surface area contributed by atoms with Crippen molar-refractivity contribution in [3.8, 4) is 0 Å². The Morgan fingerprint density at radius 3 is 2.58 bits per heavy atom. The average Bonchev–Trinajstić information content (AvgIpc) is 2.90. The smallest absolute Gasteiger partial charge is 0.331 e. The van der Waals surface area contributed by atoms with Gasteiger partial charge in [-0.25, -0.2) is 4.79 Å². The molecular formula is C20H30O4. The van der Waals surface area contributed by atoms with E-state index in [1.54, 1.807) is 6.08 Å². The predicted molar refractivity (Wildman–Crippen MR) is 95.7 cm³/mol. The number of hydrogen-bond donors (Lipinski definition) is 1. The lowest BCUT2D eigenvalue weighted by Gasteiger charge is -2.11. The van der Waals surface area contributed by atoms with Crippen LogP contribution in [0.25, 0.3) is 0 Å². The molecule has 0 saturated heterocycles. The van der Waals surface area contributed by atoms with Crippen molar-refractivity contribution in [3.05, 3.63) is 34.9 Å². The van der Waals surface area contributed by atoms with Gasteiger partial charge in [0.2, 0.25) is 0 Å². The van der Waals surface area contributed by atoms with E-state index >= 15 is 0 Å². The van der Waals surface area contributed by atoms with Gasteiger partial charge in [-0.1, -0.05) is 23.3 Å². The van der Waals surface area contributed by atoms with Crippen LogP contribution in [0.5, 0.6) is 0 Å². The lowest BCUT2D eigenvalue weighted by molar-refractivity contribution is -0.142. The van der Waals surface area contributed by atoms with E-state index in [-0.39, 0.29) is 11.9 Å². The van der Waals surface area contributed by atoms with Gasteiger partial charge in [0.05, 0.1) is 5.92 Å². The Labute approximate surface area is 145 Å². The number of carbonyl (C=O) groups excluding carboxylic acids is 1. The Bertz CT molecular complexity index is 522. The molecular weight excluding hydrogens is 304 g/mol. The van der Waals surface area contributed by atoms with Crippen LogP contribution in [0.2, 0.25) is 0 Å². The minimum Gasteiger partial charge on any atom is -0.481 e. The van der Waals surface area contributed by atoms with Gasteiger partial charge in [0.25, 0.3) is 0 Å². The Morgan fingerprint density at radius 2 is 2.00 bits per heavy atom. The molecule has 0 unspecified atom stereocenters. The summed E-state index contributed by atoms with van der Waals surface area (Å²) < 4.78 is 4.87. The summed E-state index contributed by atoms with van der Waals surface area (Å²) in [6.07, 6.45) is 11.7. The first kappa shape index (κ1) is 20.2. The van der Waals surface area contributed by atoms with Crippen LogP contribution in [0.1, 0.15) is 65.7 Å². The summed E-state index contributed by atoms with van der Waals surface area (Å²) in [4.78, 5) is 22.3. The highest BCUT2D eigenvalue weighted by Crippen LogP contribution is 2.19. The van der Waals surface area contributed by atoms with Crippen molar-refractivity contribution in [2.45, 2.75) is 65.7 Å². The van der Waals surface area contributed by atoms with Crippen molar-refractivity contribution in [1.82, 2.24) is 0 Å². The largest absolute Gasteiger partial charge is 0.481 e. The van der Waals surface area contributed by atoms with Crippen molar-refractivity contribution < 1.29 is 19.4 Å². The monoisotopic (exact) mass is 334 g/mol. The summed E-state index contributed by atoms with van der Waals surface area (Å²) >= 11 is 0. The molecule has 1 N–H and O–H groups in total. The van der Waals surface area contributed by atoms with Crippen LogP contribution in [0.4, 0.5) is 0 Å². The number of allylic oxidation sites excluding steroid dienone is 4. The maximum absolute atomic E-state index is 11.3. The van der Waals surface area contributed by atoms with E-state index in [0.717, 1.165) is 44.1 Å². The predicted octanol–water partition coefficient (Wildman–Crippen LogP) is 4.81. The van der Waals surface area contributed by atoms with Crippen molar-refractivity contribution in [3.63, 3.8) is 0 Å². The number of carboxylic acid groups (broad SMARTS) is 1. The van der Waals surface area contributed by atoms with E-state index in [1.807, 2.05) is 13.8 Å². The lowest BCUT2D eigenvalue weighted by atomic mass is 9.95. The van der Waals surface area contributed by atoms with Crippen LogP contribution in [-0.2, 0) is 14.3 Å². The fourth-order valence-corrected chi connectivity index (χ4v) is 2.76. The first-order valence-electron chi connectivity index (χ1n) is 8.76. The molecule has 24 heavy (non-hydrogen) atoms. The summed E-state index contributed by atoms with van der Waals surface area (Å²) in [7, 11) is 0. The van der Waals surface area contributed by atoms with Crippen LogP contribution in [0.3, 0.4) is 0 Å². The number of rotatable bonds is 11. The zero-order chi connectivity index (χ0) is 17.9. The van der Waals surface area contributed by atoms with Crippen LogP contribution >= 0.6 is 0 Å². The van der Waals surface area contributed by atoms with Gasteiger partial charge in [-0.3, -0.25) is 4.79 Å². The molecule has 0 bridgehead atoms. The highest BCUT2D eigenvalue weighted by atomic mass is 16.5. The van der Waals surface area contributed by atoms with Crippen molar-refractivity contribution in [2.24, 2.45) is 5.92 Å². The molecule has 0 saturated carbocycles. The topological polar surface area (TPSA) is 63.6 Å². The third kappa shape index (κ3) is 8.70. The summed E-state index contributed by atoms with van der Waals surface area (Å²) in [6.45, 7) is 6.59. The number of cyclic esters (lactones) is 1. The molecule has 0 spiro atoms. The van der Waals surface area contributed by atoms with E-state index in [0.29, 0.717) is 13.0 Å². The average molecular weight is 334 g/mol. The van der Waals surface area contributed by atoms with E-state index in [2.05, 4.69) is 19.1 Å². The zero-order valence-corrected chi connectivity index (χ0v) is 15.1. The highest BCUT2D eigenvalue weighted by molar-refractivity contribution is 5.85. The molecule has 1 aliphatic rings.